The lowest BCUT2D eigenvalue weighted by Crippen LogP contribution is -2.25. The number of benzene rings is 1. The van der Waals surface area contributed by atoms with Gasteiger partial charge in [0.05, 0.1) is 18.2 Å². The summed E-state index contributed by atoms with van der Waals surface area (Å²) < 4.78 is 19.0. The van der Waals surface area contributed by atoms with Gasteiger partial charge in [-0.1, -0.05) is 0 Å². The minimum absolute atomic E-state index is 0.0173. The number of anilines is 1. The molecule has 1 aromatic rings. The molecule has 1 saturated carbocycles. The molecule has 1 aromatic carbocycles. The fourth-order valence-electron chi connectivity index (χ4n) is 2.32. The first-order valence-corrected chi connectivity index (χ1v) is 7.16. The van der Waals surface area contributed by atoms with Crippen LogP contribution in [0.1, 0.15) is 19.3 Å². The standard InChI is InChI=1S/C15H19FN2O2/c16-12-3-4-13(14(7-12)20-9-10-1-2-10)18-15(19)11-5-6-17-8-11/h3-4,7,10-11,17H,1-2,5-6,8-9H2,(H,18,19). The molecule has 2 fully saturated rings. The van der Waals surface area contributed by atoms with Crippen LogP contribution in [0.4, 0.5) is 10.1 Å². The zero-order valence-corrected chi connectivity index (χ0v) is 11.3. The summed E-state index contributed by atoms with van der Waals surface area (Å²) in [6.45, 7) is 2.16. The smallest absolute Gasteiger partial charge is 0.228 e. The van der Waals surface area contributed by atoms with Gasteiger partial charge in [0.2, 0.25) is 5.91 Å². The first-order chi connectivity index (χ1) is 9.72. The predicted octanol–water partition coefficient (Wildman–Crippen LogP) is 2.16. The minimum Gasteiger partial charge on any atom is -0.491 e. The second kappa shape index (κ2) is 5.79. The molecule has 1 heterocycles. The van der Waals surface area contributed by atoms with Crippen LogP contribution in [0.25, 0.3) is 0 Å². The number of halogens is 1. The highest BCUT2D eigenvalue weighted by Crippen LogP contribution is 2.32. The molecule has 0 aromatic heterocycles. The summed E-state index contributed by atoms with van der Waals surface area (Å²) in [4.78, 5) is 12.1. The summed E-state index contributed by atoms with van der Waals surface area (Å²) in [6, 6.07) is 4.25. The van der Waals surface area contributed by atoms with Crippen molar-refractivity contribution >= 4 is 11.6 Å². The van der Waals surface area contributed by atoms with Gasteiger partial charge in [0.15, 0.2) is 0 Å². The van der Waals surface area contributed by atoms with Gasteiger partial charge in [-0.25, -0.2) is 4.39 Å². The maximum atomic E-state index is 13.3. The Morgan fingerprint density at radius 1 is 1.40 bits per heavy atom. The molecular formula is C15H19FN2O2. The second-order valence-corrected chi connectivity index (χ2v) is 5.57. The van der Waals surface area contributed by atoms with Gasteiger partial charge in [-0.2, -0.15) is 0 Å². The molecule has 108 valence electrons. The van der Waals surface area contributed by atoms with Crippen LogP contribution in [0.3, 0.4) is 0 Å². The first kappa shape index (κ1) is 13.4. The number of hydrogen-bond acceptors (Lipinski definition) is 3. The molecule has 1 unspecified atom stereocenters. The van der Waals surface area contributed by atoms with Gasteiger partial charge >= 0.3 is 0 Å². The number of hydrogen-bond donors (Lipinski definition) is 2. The van der Waals surface area contributed by atoms with E-state index in [0.29, 0.717) is 30.5 Å². The van der Waals surface area contributed by atoms with Crippen molar-refractivity contribution in [3.8, 4) is 5.75 Å². The van der Waals surface area contributed by atoms with E-state index in [2.05, 4.69) is 10.6 Å². The van der Waals surface area contributed by atoms with Gasteiger partial charge < -0.3 is 15.4 Å². The van der Waals surface area contributed by atoms with Crippen LogP contribution in [-0.4, -0.2) is 25.6 Å². The van der Waals surface area contributed by atoms with Crippen molar-refractivity contribution in [3.05, 3.63) is 24.0 Å². The molecule has 1 amide bonds. The number of amides is 1. The minimum atomic E-state index is -0.351. The van der Waals surface area contributed by atoms with E-state index >= 15 is 0 Å². The molecule has 0 spiro atoms. The van der Waals surface area contributed by atoms with E-state index in [1.807, 2.05) is 0 Å². The molecule has 2 aliphatic rings. The van der Waals surface area contributed by atoms with Gasteiger partial charge in [-0.3, -0.25) is 4.79 Å². The Bertz CT molecular complexity index is 497. The predicted molar refractivity (Wildman–Crippen MR) is 74.2 cm³/mol. The maximum absolute atomic E-state index is 13.3. The van der Waals surface area contributed by atoms with Crippen LogP contribution >= 0.6 is 0 Å². The maximum Gasteiger partial charge on any atom is 0.228 e. The highest BCUT2D eigenvalue weighted by Gasteiger charge is 2.25. The topological polar surface area (TPSA) is 50.4 Å². The Kier molecular flexibility index (Phi) is 3.87. The van der Waals surface area contributed by atoms with Crippen LogP contribution in [0, 0.1) is 17.7 Å². The van der Waals surface area contributed by atoms with Crippen molar-refractivity contribution in [1.29, 1.82) is 0 Å². The van der Waals surface area contributed by atoms with Crippen LogP contribution in [-0.2, 0) is 4.79 Å². The van der Waals surface area contributed by atoms with E-state index in [4.69, 9.17) is 4.74 Å². The normalized spacial score (nSPS) is 21.8. The highest BCUT2D eigenvalue weighted by atomic mass is 19.1. The molecule has 1 atom stereocenters. The van der Waals surface area contributed by atoms with Crippen LogP contribution < -0.4 is 15.4 Å². The van der Waals surface area contributed by atoms with E-state index in [1.165, 1.54) is 25.0 Å². The largest absolute Gasteiger partial charge is 0.491 e. The van der Waals surface area contributed by atoms with E-state index in [9.17, 15) is 9.18 Å². The van der Waals surface area contributed by atoms with Gasteiger partial charge in [-0.05, 0) is 43.9 Å². The molecule has 0 bridgehead atoms. The zero-order valence-electron chi connectivity index (χ0n) is 11.3. The molecule has 0 radical (unpaired) electrons. The number of rotatable bonds is 5. The molecule has 1 saturated heterocycles. The van der Waals surface area contributed by atoms with Crippen molar-refractivity contribution in [1.82, 2.24) is 5.32 Å². The van der Waals surface area contributed by atoms with E-state index < -0.39 is 0 Å². The summed E-state index contributed by atoms with van der Waals surface area (Å²) >= 11 is 0. The SMILES string of the molecule is O=C(Nc1ccc(F)cc1OCC1CC1)C1CCNC1. The Morgan fingerprint density at radius 3 is 2.95 bits per heavy atom. The lowest BCUT2D eigenvalue weighted by atomic mass is 10.1. The van der Waals surface area contributed by atoms with E-state index in [-0.39, 0.29) is 17.6 Å². The fourth-order valence-corrected chi connectivity index (χ4v) is 2.32. The average Bonchev–Trinajstić information content (AvgIpc) is 3.10. The number of ether oxygens (including phenoxy) is 1. The summed E-state index contributed by atoms with van der Waals surface area (Å²) in [7, 11) is 0. The third kappa shape index (κ3) is 3.28. The Labute approximate surface area is 117 Å². The van der Waals surface area contributed by atoms with Gasteiger partial charge in [0, 0.05) is 12.6 Å². The molecule has 5 heteroatoms. The number of carbonyl (C=O) groups is 1. The van der Waals surface area contributed by atoms with Crippen LogP contribution in [0.5, 0.6) is 5.75 Å². The zero-order chi connectivity index (χ0) is 13.9. The van der Waals surface area contributed by atoms with E-state index in [0.717, 1.165) is 13.0 Å². The fraction of sp³-hybridized carbons (Fsp3) is 0.533. The molecular weight excluding hydrogens is 259 g/mol. The van der Waals surface area contributed by atoms with Gasteiger partial charge in [0.1, 0.15) is 11.6 Å². The van der Waals surface area contributed by atoms with Gasteiger partial charge in [-0.15, -0.1) is 0 Å². The van der Waals surface area contributed by atoms with Crippen molar-refractivity contribution in [2.24, 2.45) is 11.8 Å². The molecule has 2 N–H and O–H groups in total. The third-order valence-electron chi connectivity index (χ3n) is 3.80. The first-order valence-electron chi connectivity index (χ1n) is 7.16. The summed E-state index contributed by atoms with van der Waals surface area (Å²) in [6.07, 6.45) is 3.18. The quantitative estimate of drug-likeness (QED) is 0.868. The van der Waals surface area contributed by atoms with Crippen molar-refractivity contribution < 1.29 is 13.9 Å². The summed E-state index contributed by atoms with van der Waals surface area (Å²) in [5.74, 6) is 0.614. The third-order valence-corrected chi connectivity index (χ3v) is 3.80. The molecule has 1 aliphatic carbocycles. The summed E-state index contributed by atoms with van der Waals surface area (Å²) in [5.41, 5.74) is 0.559. The number of carbonyl (C=O) groups excluding carboxylic acids is 1. The number of nitrogens with one attached hydrogen (secondary N) is 2. The van der Waals surface area contributed by atoms with Crippen molar-refractivity contribution in [3.63, 3.8) is 0 Å². The van der Waals surface area contributed by atoms with Gasteiger partial charge in [0.25, 0.3) is 0 Å². The molecule has 4 nitrogen and oxygen atoms in total. The Balaban J connectivity index is 1.68. The lowest BCUT2D eigenvalue weighted by Gasteiger charge is -2.14. The molecule has 20 heavy (non-hydrogen) atoms. The molecule has 1 aliphatic heterocycles. The van der Waals surface area contributed by atoms with Crippen LogP contribution in [0.2, 0.25) is 0 Å². The second-order valence-electron chi connectivity index (χ2n) is 5.57. The lowest BCUT2D eigenvalue weighted by molar-refractivity contribution is -0.119. The Hall–Kier alpha value is -1.62. The van der Waals surface area contributed by atoms with Crippen LogP contribution in [0.15, 0.2) is 18.2 Å². The summed E-state index contributed by atoms with van der Waals surface area (Å²) in [5, 5.41) is 6.01. The Morgan fingerprint density at radius 2 is 2.25 bits per heavy atom. The molecule has 3 rings (SSSR count). The average molecular weight is 278 g/mol. The monoisotopic (exact) mass is 278 g/mol. The van der Waals surface area contributed by atoms with Crippen molar-refractivity contribution in [2.75, 3.05) is 25.0 Å². The van der Waals surface area contributed by atoms with Crippen molar-refractivity contribution in [2.45, 2.75) is 19.3 Å². The highest BCUT2D eigenvalue weighted by molar-refractivity contribution is 5.94. The van der Waals surface area contributed by atoms with E-state index in [1.54, 1.807) is 6.07 Å².